The van der Waals surface area contributed by atoms with Crippen LogP contribution in [-0.4, -0.2) is 22.4 Å². The van der Waals surface area contributed by atoms with Crippen molar-refractivity contribution in [2.45, 2.75) is 32.7 Å². The molecule has 1 aromatic rings. The molecule has 0 heterocycles. The Morgan fingerprint density at radius 2 is 1.56 bits per heavy atom. The molecule has 0 atom stereocenters. The predicted molar refractivity (Wildman–Crippen MR) is 60.0 cm³/mol. The van der Waals surface area contributed by atoms with E-state index in [1.807, 2.05) is 13.8 Å². The lowest BCUT2D eigenvalue weighted by molar-refractivity contribution is 0.0189. The number of aromatic hydroxyl groups is 1. The second kappa shape index (κ2) is 4.82. The fourth-order valence-corrected chi connectivity index (χ4v) is 1.47. The normalized spacial score (nSPS) is 11.8. The van der Waals surface area contributed by atoms with Crippen LogP contribution in [0.25, 0.3) is 0 Å². The van der Waals surface area contributed by atoms with Crippen LogP contribution in [0.1, 0.15) is 30.5 Å². The second-order valence-electron chi connectivity index (χ2n) is 4.17. The fourth-order valence-electron chi connectivity index (χ4n) is 1.47. The summed E-state index contributed by atoms with van der Waals surface area (Å²) in [6, 6.07) is 3.36. The molecule has 0 aliphatic rings. The van der Waals surface area contributed by atoms with Gasteiger partial charge >= 0.3 is 0 Å². The summed E-state index contributed by atoms with van der Waals surface area (Å²) >= 11 is 0. The summed E-state index contributed by atoms with van der Waals surface area (Å²) in [5, 5.41) is 27.9. The molecule has 0 unspecified atom stereocenters. The van der Waals surface area contributed by atoms with Crippen LogP contribution in [0, 0.1) is 0 Å². The molecule has 0 bridgehead atoms. The van der Waals surface area contributed by atoms with E-state index in [9.17, 15) is 5.11 Å². The maximum atomic E-state index is 9.69. The first kappa shape index (κ1) is 13.0. The molecule has 4 nitrogen and oxygen atoms in total. The first-order valence-corrected chi connectivity index (χ1v) is 5.08. The van der Waals surface area contributed by atoms with Crippen molar-refractivity contribution in [3.8, 4) is 5.75 Å². The molecule has 0 spiro atoms. The predicted octanol–water partition coefficient (Wildman–Crippen LogP) is 1.26. The van der Waals surface area contributed by atoms with Gasteiger partial charge in [-0.05, 0) is 31.5 Å². The molecule has 0 fully saturated rings. The third-order valence-corrected chi connectivity index (χ3v) is 2.81. The highest BCUT2D eigenvalue weighted by Gasteiger charge is 2.22. The van der Waals surface area contributed by atoms with Crippen molar-refractivity contribution in [2.24, 2.45) is 0 Å². The molecule has 4 heteroatoms. The number of aliphatic hydroxyl groups is 2. The van der Waals surface area contributed by atoms with Gasteiger partial charge in [-0.15, -0.1) is 0 Å². The summed E-state index contributed by atoms with van der Waals surface area (Å²) in [6.45, 7) is 3.21. The first-order chi connectivity index (χ1) is 7.46. The molecule has 0 aliphatic carbocycles. The van der Waals surface area contributed by atoms with Gasteiger partial charge in [0.1, 0.15) is 5.75 Å². The number of rotatable bonds is 4. The standard InChI is InChI=1S/C12H18O4/c1-12(2,16-3)10-4-8(6-13)11(15)9(5-10)7-14/h4-5,13-15H,6-7H2,1-3H3. The summed E-state index contributed by atoms with van der Waals surface area (Å²) in [5.41, 5.74) is 1.07. The van der Waals surface area contributed by atoms with Crippen molar-refractivity contribution in [3.63, 3.8) is 0 Å². The number of benzene rings is 1. The SMILES string of the molecule is COC(C)(C)c1cc(CO)c(O)c(CO)c1. The molecule has 0 radical (unpaired) electrons. The lowest BCUT2D eigenvalue weighted by Gasteiger charge is -2.25. The molecule has 0 aliphatic heterocycles. The van der Waals surface area contributed by atoms with E-state index >= 15 is 0 Å². The van der Waals surface area contributed by atoms with Crippen LogP contribution in [0.2, 0.25) is 0 Å². The Morgan fingerprint density at radius 3 is 1.88 bits per heavy atom. The molecule has 0 saturated heterocycles. The van der Waals surface area contributed by atoms with E-state index < -0.39 is 5.60 Å². The van der Waals surface area contributed by atoms with Crippen LogP contribution in [0.5, 0.6) is 5.75 Å². The quantitative estimate of drug-likeness (QED) is 0.723. The van der Waals surface area contributed by atoms with Gasteiger partial charge in [0.05, 0.1) is 18.8 Å². The zero-order valence-corrected chi connectivity index (χ0v) is 9.82. The number of aliphatic hydroxyl groups excluding tert-OH is 2. The number of phenols is 1. The Kier molecular flexibility index (Phi) is 3.91. The summed E-state index contributed by atoms with van der Waals surface area (Å²) in [7, 11) is 1.59. The maximum Gasteiger partial charge on any atom is 0.126 e. The van der Waals surface area contributed by atoms with Gasteiger partial charge < -0.3 is 20.1 Å². The molecule has 0 amide bonds. The number of hydrogen-bond donors (Lipinski definition) is 3. The molecular formula is C12H18O4. The minimum Gasteiger partial charge on any atom is -0.507 e. The minimum atomic E-state index is -0.526. The van der Waals surface area contributed by atoms with Crippen molar-refractivity contribution in [1.29, 1.82) is 0 Å². The smallest absolute Gasteiger partial charge is 0.126 e. The summed E-state index contributed by atoms with van der Waals surface area (Å²) in [4.78, 5) is 0. The van der Waals surface area contributed by atoms with E-state index in [-0.39, 0.29) is 19.0 Å². The lowest BCUT2D eigenvalue weighted by atomic mass is 9.93. The molecular weight excluding hydrogens is 208 g/mol. The van der Waals surface area contributed by atoms with Crippen molar-refractivity contribution in [3.05, 3.63) is 28.8 Å². The van der Waals surface area contributed by atoms with E-state index in [1.165, 1.54) is 0 Å². The third kappa shape index (κ3) is 2.35. The van der Waals surface area contributed by atoms with Crippen molar-refractivity contribution < 1.29 is 20.1 Å². The van der Waals surface area contributed by atoms with Gasteiger partial charge in [-0.25, -0.2) is 0 Å². The average molecular weight is 226 g/mol. The zero-order valence-electron chi connectivity index (χ0n) is 9.82. The van der Waals surface area contributed by atoms with Crippen molar-refractivity contribution in [2.75, 3.05) is 7.11 Å². The summed E-state index contributed by atoms with van der Waals surface area (Å²) in [5.74, 6) is -0.0550. The van der Waals surface area contributed by atoms with Gasteiger partial charge in [0.2, 0.25) is 0 Å². The topological polar surface area (TPSA) is 69.9 Å². The summed E-state index contributed by atoms with van der Waals surface area (Å²) < 4.78 is 5.32. The van der Waals surface area contributed by atoms with Crippen LogP contribution in [0.3, 0.4) is 0 Å². The molecule has 16 heavy (non-hydrogen) atoms. The highest BCUT2D eigenvalue weighted by molar-refractivity contribution is 5.44. The van der Waals surface area contributed by atoms with E-state index in [0.29, 0.717) is 11.1 Å². The Balaban J connectivity index is 3.32. The Hall–Kier alpha value is -1.10. The van der Waals surface area contributed by atoms with Gasteiger partial charge in [-0.1, -0.05) is 0 Å². The largest absolute Gasteiger partial charge is 0.507 e. The number of hydrogen-bond acceptors (Lipinski definition) is 4. The van der Waals surface area contributed by atoms with Crippen LogP contribution in [-0.2, 0) is 23.6 Å². The molecule has 0 aromatic heterocycles. The molecule has 90 valence electrons. The highest BCUT2D eigenvalue weighted by Crippen LogP contribution is 2.31. The van der Waals surface area contributed by atoms with Crippen LogP contribution in [0.15, 0.2) is 12.1 Å². The fraction of sp³-hybridized carbons (Fsp3) is 0.500. The monoisotopic (exact) mass is 226 g/mol. The second-order valence-corrected chi connectivity index (χ2v) is 4.17. The van der Waals surface area contributed by atoms with Crippen molar-refractivity contribution >= 4 is 0 Å². The van der Waals surface area contributed by atoms with Gasteiger partial charge in [0, 0.05) is 18.2 Å². The minimum absolute atomic E-state index is 0.0550. The lowest BCUT2D eigenvalue weighted by Crippen LogP contribution is -2.20. The van der Waals surface area contributed by atoms with Gasteiger partial charge in [0.25, 0.3) is 0 Å². The van der Waals surface area contributed by atoms with Gasteiger partial charge in [-0.2, -0.15) is 0 Å². The van der Waals surface area contributed by atoms with Gasteiger partial charge in [0.15, 0.2) is 0 Å². The van der Waals surface area contributed by atoms with E-state index in [0.717, 1.165) is 5.56 Å². The van der Waals surface area contributed by atoms with Gasteiger partial charge in [-0.3, -0.25) is 0 Å². The maximum absolute atomic E-state index is 9.69. The van der Waals surface area contributed by atoms with Crippen LogP contribution in [0.4, 0.5) is 0 Å². The highest BCUT2D eigenvalue weighted by atomic mass is 16.5. The molecule has 3 N–H and O–H groups in total. The zero-order chi connectivity index (χ0) is 12.3. The Bertz CT molecular complexity index is 346. The van der Waals surface area contributed by atoms with Crippen LogP contribution >= 0.6 is 0 Å². The molecule has 0 saturated carbocycles. The molecule has 1 aromatic carbocycles. The van der Waals surface area contributed by atoms with Crippen LogP contribution < -0.4 is 0 Å². The van der Waals surface area contributed by atoms with E-state index in [1.54, 1.807) is 19.2 Å². The molecule has 1 rings (SSSR count). The first-order valence-electron chi connectivity index (χ1n) is 5.08. The number of ether oxygens (including phenoxy) is 1. The van der Waals surface area contributed by atoms with Crippen molar-refractivity contribution in [1.82, 2.24) is 0 Å². The van der Waals surface area contributed by atoms with E-state index in [2.05, 4.69) is 0 Å². The average Bonchev–Trinajstić information content (AvgIpc) is 2.29. The third-order valence-electron chi connectivity index (χ3n) is 2.81. The number of methoxy groups -OCH3 is 1. The van der Waals surface area contributed by atoms with E-state index in [4.69, 9.17) is 14.9 Å². The Labute approximate surface area is 95.1 Å². The summed E-state index contributed by atoms with van der Waals surface area (Å²) in [6.07, 6.45) is 0. The Morgan fingerprint density at radius 1 is 1.12 bits per heavy atom.